The molecule has 20 heavy (non-hydrogen) atoms. The smallest absolute Gasteiger partial charge is 0.173 e. The summed E-state index contributed by atoms with van der Waals surface area (Å²) in [6.45, 7) is 2.85. The molecule has 2 aromatic rings. The summed E-state index contributed by atoms with van der Waals surface area (Å²) in [5.41, 5.74) is 3.48. The normalized spacial score (nSPS) is 10.2. The highest BCUT2D eigenvalue weighted by molar-refractivity contribution is 9.10. The molecule has 2 aromatic carbocycles. The van der Waals surface area contributed by atoms with Crippen LogP contribution in [0.15, 0.2) is 53.0 Å². The average Bonchev–Trinajstić information content (AvgIpc) is 2.44. The highest BCUT2D eigenvalue weighted by atomic mass is 79.9. The number of thiocarbonyl (C=S) groups is 1. The number of nitrogens with zero attached hydrogens (tertiary/aromatic N) is 1. The lowest BCUT2D eigenvalue weighted by Gasteiger charge is -2.21. The van der Waals surface area contributed by atoms with E-state index in [9.17, 15) is 0 Å². The molecule has 0 saturated heterocycles. The van der Waals surface area contributed by atoms with Gasteiger partial charge in [-0.25, -0.2) is 0 Å². The van der Waals surface area contributed by atoms with Crippen LogP contribution < -0.4 is 5.32 Å². The van der Waals surface area contributed by atoms with E-state index in [2.05, 4.69) is 52.4 Å². The molecular formula is C16H17BrN2S. The molecular weight excluding hydrogens is 332 g/mol. The number of halogens is 1. The highest BCUT2D eigenvalue weighted by Crippen LogP contribution is 2.13. The molecule has 0 saturated carbocycles. The molecule has 0 atom stereocenters. The summed E-state index contributed by atoms with van der Waals surface area (Å²) in [5, 5.41) is 3.97. The molecule has 0 aliphatic carbocycles. The van der Waals surface area contributed by atoms with Gasteiger partial charge in [-0.05, 0) is 49.0 Å². The lowest BCUT2D eigenvalue weighted by atomic mass is 10.2. The highest BCUT2D eigenvalue weighted by Gasteiger charge is 2.05. The van der Waals surface area contributed by atoms with E-state index in [-0.39, 0.29) is 0 Å². The Labute approximate surface area is 133 Å². The third kappa shape index (κ3) is 4.32. The van der Waals surface area contributed by atoms with Gasteiger partial charge in [0.1, 0.15) is 0 Å². The van der Waals surface area contributed by atoms with Crippen LogP contribution in [0.25, 0.3) is 0 Å². The largest absolute Gasteiger partial charge is 0.348 e. The van der Waals surface area contributed by atoms with Gasteiger partial charge in [0.15, 0.2) is 5.11 Å². The summed E-state index contributed by atoms with van der Waals surface area (Å²) in [4.78, 5) is 2.03. The molecule has 0 radical (unpaired) electrons. The molecule has 2 rings (SSSR count). The number of benzene rings is 2. The molecule has 0 heterocycles. The second-order valence-corrected chi connectivity index (χ2v) is 6.08. The van der Waals surface area contributed by atoms with Crippen molar-refractivity contribution >= 4 is 38.9 Å². The van der Waals surface area contributed by atoms with Gasteiger partial charge >= 0.3 is 0 Å². The van der Waals surface area contributed by atoms with Gasteiger partial charge in [0.05, 0.1) is 0 Å². The average molecular weight is 349 g/mol. The molecule has 0 amide bonds. The molecule has 2 nitrogen and oxygen atoms in total. The van der Waals surface area contributed by atoms with E-state index in [4.69, 9.17) is 12.2 Å². The second-order valence-electron chi connectivity index (χ2n) is 4.78. The topological polar surface area (TPSA) is 15.3 Å². The van der Waals surface area contributed by atoms with Gasteiger partial charge in [0, 0.05) is 23.8 Å². The zero-order chi connectivity index (χ0) is 14.5. The Kier molecular flexibility index (Phi) is 5.15. The van der Waals surface area contributed by atoms with E-state index in [0.29, 0.717) is 0 Å². The predicted octanol–water partition coefficient (Wildman–Crippen LogP) is 4.59. The molecule has 0 bridgehead atoms. The molecule has 0 aliphatic heterocycles. The predicted molar refractivity (Wildman–Crippen MR) is 93.0 cm³/mol. The van der Waals surface area contributed by atoms with Crippen LogP contribution in [0.4, 0.5) is 5.69 Å². The van der Waals surface area contributed by atoms with Crippen molar-refractivity contribution in [1.29, 1.82) is 0 Å². The van der Waals surface area contributed by atoms with Crippen molar-refractivity contribution in [3.63, 3.8) is 0 Å². The van der Waals surface area contributed by atoms with Gasteiger partial charge in [-0.3, -0.25) is 0 Å². The molecule has 4 heteroatoms. The van der Waals surface area contributed by atoms with Crippen LogP contribution in [0.3, 0.4) is 0 Å². The maximum atomic E-state index is 5.42. The van der Waals surface area contributed by atoms with Crippen LogP contribution in [-0.2, 0) is 6.54 Å². The lowest BCUT2D eigenvalue weighted by Crippen LogP contribution is -2.30. The van der Waals surface area contributed by atoms with Crippen LogP contribution in [0.1, 0.15) is 11.1 Å². The summed E-state index contributed by atoms with van der Waals surface area (Å²) in [5.74, 6) is 0. The lowest BCUT2D eigenvalue weighted by molar-refractivity contribution is 0.508. The van der Waals surface area contributed by atoms with Gasteiger partial charge in [0.25, 0.3) is 0 Å². The number of hydrogen-bond donors (Lipinski definition) is 1. The third-order valence-corrected chi connectivity index (χ3v) is 3.92. The van der Waals surface area contributed by atoms with Gasteiger partial charge in [0.2, 0.25) is 0 Å². The maximum Gasteiger partial charge on any atom is 0.173 e. The summed E-state index contributed by atoms with van der Waals surface area (Å²) in [6, 6.07) is 16.5. The minimum atomic E-state index is 0.719. The van der Waals surface area contributed by atoms with Crippen molar-refractivity contribution in [2.75, 3.05) is 12.4 Å². The molecule has 1 N–H and O–H groups in total. The van der Waals surface area contributed by atoms with Crippen LogP contribution in [0.5, 0.6) is 0 Å². The Morgan fingerprint density at radius 1 is 1.10 bits per heavy atom. The second kappa shape index (κ2) is 6.86. The quantitative estimate of drug-likeness (QED) is 0.816. The van der Waals surface area contributed by atoms with E-state index in [1.54, 1.807) is 0 Å². The van der Waals surface area contributed by atoms with Crippen molar-refractivity contribution in [3.8, 4) is 0 Å². The fourth-order valence-corrected chi connectivity index (χ4v) is 2.24. The molecule has 0 fully saturated rings. The van der Waals surface area contributed by atoms with E-state index in [0.717, 1.165) is 21.8 Å². The zero-order valence-corrected chi connectivity index (χ0v) is 14.0. The first-order chi connectivity index (χ1) is 9.54. The van der Waals surface area contributed by atoms with Crippen molar-refractivity contribution in [1.82, 2.24) is 4.90 Å². The third-order valence-electron chi connectivity index (χ3n) is 2.98. The van der Waals surface area contributed by atoms with E-state index in [1.807, 2.05) is 36.2 Å². The number of anilines is 1. The van der Waals surface area contributed by atoms with Crippen LogP contribution in [0.2, 0.25) is 0 Å². The molecule has 0 aromatic heterocycles. The van der Waals surface area contributed by atoms with E-state index in [1.165, 1.54) is 11.1 Å². The fraction of sp³-hybridized carbons (Fsp3) is 0.188. The Morgan fingerprint density at radius 3 is 2.30 bits per heavy atom. The summed E-state index contributed by atoms with van der Waals surface area (Å²) >= 11 is 8.86. The van der Waals surface area contributed by atoms with Gasteiger partial charge in [-0.2, -0.15) is 0 Å². The first kappa shape index (κ1) is 15.0. The molecule has 0 spiro atoms. The zero-order valence-electron chi connectivity index (χ0n) is 11.6. The molecule has 0 aliphatic rings. The minimum absolute atomic E-state index is 0.719. The summed E-state index contributed by atoms with van der Waals surface area (Å²) in [6.07, 6.45) is 0. The monoisotopic (exact) mass is 348 g/mol. The molecule has 104 valence electrons. The van der Waals surface area contributed by atoms with Crippen LogP contribution in [0, 0.1) is 6.92 Å². The van der Waals surface area contributed by atoms with Crippen molar-refractivity contribution < 1.29 is 0 Å². The number of nitrogens with one attached hydrogen (secondary N) is 1. The van der Waals surface area contributed by atoms with Crippen LogP contribution in [-0.4, -0.2) is 17.1 Å². The SMILES string of the molecule is Cc1ccc(NC(=S)N(C)Cc2ccc(Br)cc2)cc1. The maximum absolute atomic E-state index is 5.42. The number of hydrogen-bond acceptors (Lipinski definition) is 1. The van der Waals surface area contributed by atoms with Crippen molar-refractivity contribution in [2.45, 2.75) is 13.5 Å². The first-order valence-electron chi connectivity index (χ1n) is 6.38. The van der Waals surface area contributed by atoms with E-state index < -0.39 is 0 Å². The number of aryl methyl sites for hydroxylation is 1. The van der Waals surface area contributed by atoms with Crippen molar-refractivity contribution in [3.05, 3.63) is 64.1 Å². The minimum Gasteiger partial charge on any atom is -0.348 e. The van der Waals surface area contributed by atoms with E-state index >= 15 is 0 Å². The van der Waals surface area contributed by atoms with Gasteiger partial charge in [-0.1, -0.05) is 45.8 Å². The van der Waals surface area contributed by atoms with Crippen molar-refractivity contribution in [2.24, 2.45) is 0 Å². The Hall–Kier alpha value is -1.39. The Morgan fingerprint density at radius 2 is 1.70 bits per heavy atom. The summed E-state index contributed by atoms with van der Waals surface area (Å²) < 4.78 is 1.09. The first-order valence-corrected chi connectivity index (χ1v) is 7.58. The number of rotatable bonds is 3. The van der Waals surface area contributed by atoms with Gasteiger partial charge < -0.3 is 10.2 Å². The summed E-state index contributed by atoms with van der Waals surface area (Å²) in [7, 11) is 1.99. The molecule has 0 unspecified atom stereocenters. The Bertz CT molecular complexity index is 578. The fourth-order valence-electron chi connectivity index (χ4n) is 1.79. The van der Waals surface area contributed by atoms with Crippen LogP contribution >= 0.6 is 28.1 Å². The standard InChI is InChI=1S/C16H17BrN2S/c1-12-3-9-15(10-4-12)18-16(20)19(2)11-13-5-7-14(17)8-6-13/h3-10H,11H2,1-2H3,(H,18,20). The van der Waals surface area contributed by atoms with Gasteiger partial charge in [-0.15, -0.1) is 0 Å². The Balaban J connectivity index is 1.94.